The normalized spacial score (nSPS) is 14.5. The molecular formula is C13H20ClN3O2. The molecular weight excluding hydrogens is 266 g/mol. The van der Waals surface area contributed by atoms with Crippen LogP contribution in [-0.2, 0) is 0 Å². The maximum atomic E-state index is 12.0. The number of hydrogen-bond acceptors (Lipinski definition) is 3. The highest BCUT2D eigenvalue weighted by atomic mass is 35.5. The molecule has 5 nitrogen and oxygen atoms in total. The summed E-state index contributed by atoms with van der Waals surface area (Å²) in [5.41, 5.74) is 2.63. The summed E-state index contributed by atoms with van der Waals surface area (Å²) in [6, 6.07) is 0. The second kappa shape index (κ2) is 6.21. The molecule has 0 bridgehead atoms. The Morgan fingerprint density at radius 1 is 1.32 bits per heavy atom. The van der Waals surface area contributed by atoms with Gasteiger partial charge in [0.15, 0.2) is 5.78 Å². The summed E-state index contributed by atoms with van der Waals surface area (Å²) in [4.78, 5) is 26.5. The largest absolute Gasteiger partial charge is 0.354 e. The predicted molar refractivity (Wildman–Crippen MR) is 76.2 cm³/mol. The van der Waals surface area contributed by atoms with Gasteiger partial charge >= 0.3 is 0 Å². The van der Waals surface area contributed by atoms with Crippen molar-refractivity contribution in [1.82, 2.24) is 15.6 Å². The van der Waals surface area contributed by atoms with Crippen LogP contribution in [0.3, 0.4) is 0 Å². The van der Waals surface area contributed by atoms with Crippen molar-refractivity contribution in [1.29, 1.82) is 0 Å². The Hall–Kier alpha value is -1.33. The predicted octanol–water partition coefficient (Wildman–Crippen LogP) is 1.21. The first-order chi connectivity index (χ1) is 8.50. The van der Waals surface area contributed by atoms with Gasteiger partial charge in [-0.25, -0.2) is 0 Å². The summed E-state index contributed by atoms with van der Waals surface area (Å²) in [5.74, 6) is 0.385. The van der Waals surface area contributed by atoms with Crippen molar-refractivity contribution >= 4 is 24.1 Å². The summed E-state index contributed by atoms with van der Waals surface area (Å²) in [6.45, 7) is 7.74. The molecule has 0 unspecified atom stereocenters. The summed E-state index contributed by atoms with van der Waals surface area (Å²) < 4.78 is 0. The van der Waals surface area contributed by atoms with Crippen LogP contribution < -0.4 is 10.6 Å². The maximum Gasteiger partial charge on any atom is 0.268 e. The smallest absolute Gasteiger partial charge is 0.268 e. The standard InChI is InChI=1S/C13H19N3O2.ClH/c1-7-11(9(3)17)8(2)16-12(7)13(18)15-6-10-4-14-5-10;/h10,14,16H,4-6H2,1-3H3,(H,15,18);1H. The zero-order chi connectivity index (χ0) is 13.3. The Bertz CT molecular complexity index is 492. The number of amides is 1. The number of aromatic nitrogens is 1. The number of hydrogen-bond donors (Lipinski definition) is 3. The molecule has 0 spiro atoms. The van der Waals surface area contributed by atoms with E-state index in [0.29, 0.717) is 23.7 Å². The minimum atomic E-state index is -0.130. The lowest BCUT2D eigenvalue weighted by Gasteiger charge is -2.27. The number of aromatic amines is 1. The van der Waals surface area contributed by atoms with Crippen molar-refractivity contribution in [2.24, 2.45) is 5.92 Å². The molecule has 2 heterocycles. The molecule has 2 rings (SSSR count). The quantitative estimate of drug-likeness (QED) is 0.728. The fourth-order valence-corrected chi connectivity index (χ4v) is 2.32. The highest BCUT2D eigenvalue weighted by Gasteiger charge is 2.21. The van der Waals surface area contributed by atoms with Gasteiger partial charge < -0.3 is 15.6 Å². The van der Waals surface area contributed by atoms with Crippen LogP contribution in [0.1, 0.15) is 39.0 Å². The third-order valence-corrected chi connectivity index (χ3v) is 3.43. The number of H-pyrrole nitrogens is 1. The highest BCUT2D eigenvalue weighted by molar-refractivity contribution is 6.02. The van der Waals surface area contributed by atoms with Crippen molar-refractivity contribution < 1.29 is 9.59 Å². The number of carbonyl (C=O) groups is 2. The first-order valence-electron chi connectivity index (χ1n) is 6.19. The van der Waals surface area contributed by atoms with Gasteiger partial charge in [0, 0.05) is 36.8 Å². The number of carbonyl (C=O) groups excluding carboxylic acids is 2. The van der Waals surface area contributed by atoms with Gasteiger partial charge in [-0.05, 0) is 26.3 Å². The summed E-state index contributed by atoms with van der Waals surface area (Å²) in [7, 11) is 0. The van der Waals surface area contributed by atoms with Gasteiger partial charge in [-0.3, -0.25) is 9.59 Å². The molecule has 106 valence electrons. The number of Topliss-reactive ketones (excluding diaryl/α,β-unsaturated/α-hetero) is 1. The Morgan fingerprint density at radius 3 is 2.37 bits per heavy atom. The third kappa shape index (κ3) is 3.16. The van der Waals surface area contributed by atoms with Crippen LogP contribution in [0.2, 0.25) is 0 Å². The monoisotopic (exact) mass is 285 g/mol. The lowest BCUT2D eigenvalue weighted by atomic mass is 10.0. The van der Waals surface area contributed by atoms with Crippen LogP contribution in [-0.4, -0.2) is 36.3 Å². The van der Waals surface area contributed by atoms with Gasteiger partial charge in [0.25, 0.3) is 5.91 Å². The van der Waals surface area contributed by atoms with Crippen molar-refractivity contribution in [3.05, 3.63) is 22.5 Å². The minimum absolute atomic E-state index is 0. The van der Waals surface area contributed by atoms with E-state index in [9.17, 15) is 9.59 Å². The summed E-state index contributed by atoms with van der Waals surface area (Å²) in [5, 5.41) is 6.06. The van der Waals surface area contributed by atoms with Gasteiger partial charge in [-0.1, -0.05) is 0 Å². The molecule has 19 heavy (non-hydrogen) atoms. The van der Waals surface area contributed by atoms with E-state index >= 15 is 0 Å². The number of rotatable bonds is 4. The molecule has 1 aromatic heterocycles. The van der Waals surface area contributed by atoms with E-state index in [0.717, 1.165) is 24.3 Å². The van der Waals surface area contributed by atoms with E-state index < -0.39 is 0 Å². The molecule has 1 aromatic rings. The van der Waals surface area contributed by atoms with E-state index in [1.54, 1.807) is 6.92 Å². The second-order valence-corrected chi connectivity index (χ2v) is 4.92. The summed E-state index contributed by atoms with van der Waals surface area (Å²) >= 11 is 0. The number of halogens is 1. The number of nitrogens with one attached hydrogen (secondary N) is 3. The first kappa shape index (κ1) is 15.7. The Labute approximate surface area is 118 Å². The van der Waals surface area contributed by atoms with Crippen molar-refractivity contribution in [3.8, 4) is 0 Å². The molecule has 1 saturated heterocycles. The molecule has 1 fully saturated rings. The van der Waals surface area contributed by atoms with Crippen molar-refractivity contribution in [3.63, 3.8) is 0 Å². The second-order valence-electron chi connectivity index (χ2n) is 4.92. The molecule has 0 atom stereocenters. The Balaban J connectivity index is 0.00000180. The van der Waals surface area contributed by atoms with Gasteiger partial charge in [0.1, 0.15) is 5.69 Å². The Kier molecular flexibility index (Phi) is 5.14. The lowest BCUT2D eigenvalue weighted by Crippen LogP contribution is -2.48. The fourth-order valence-electron chi connectivity index (χ4n) is 2.32. The Morgan fingerprint density at radius 2 is 1.95 bits per heavy atom. The molecule has 1 amide bonds. The van der Waals surface area contributed by atoms with Gasteiger partial charge in [-0.2, -0.15) is 0 Å². The van der Waals surface area contributed by atoms with Crippen LogP contribution in [0.5, 0.6) is 0 Å². The summed E-state index contributed by atoms with van der Waals surface area (Å²) in [6.07, 6.45) is 0. The van der Waals surface area contributed by atoms with E-state index in [1.165, 1.54) is 6.92 Å². The van der Waals surface area contributed by atoms with Crippen LogP contribution in [0.15, 0.2) is 0 Å². The molecule has 0 saturated carbocycles. The van der Waals surface area contributed by atoms with Crippen molar-refractivity contribution in [2.75, 3.05) is 19.6 Å². The third-order valence-electron chi connectivity index (χ3n) is 3.43. The molecule has 3 N–H and O–H groups in total. The minimum Gasteiger partial charge on any atom is -0.354 e. The zero-order valence-corrected chi connectivity index (χ0v) is 12.2. The maximum absolute atomic E-state index is 12.0. The molecule has 1 aliphatic heterocycles. The molecule has 0 radical (unpaired) electrons. The average Bonchev–Trinajstić information content (AvgIpc) is 2.51. The molecule has 6 heteroatoms. The van der Waals surface area contributed by atoms with Crippen molar-refractivity contribution in [2.45, 2.75) is 20.8 Å². The topological polar surface area (TPSA) is 74.0 Å². The van der Waals surface area contributed by atoms with Gasteiger partial charge in [-0.15, -0.1) is 12.4 Å². The van der Waals surface area contributed by atoms with Gasteiger partial charge in [0.2, 0.25) is 0 Å². The molecule has 0 aliphatic carbocycles. The van der Waals surface area contributed by atoms with Crippen LogP contribution >= 0.6 is 12.4 Å². The van der Waals surface area contributed by atoms with Gasteiger partial charge in [0.05, 0.1) is 0 Å². The molecule has 0 aromatic carbocycles. The molecule has 1 aliphatic rings. The average molecular weight is 286 g/mol. The SMILES string of the molecule is CC(=O)c1c(C)[nH]c(C(=O)NCC2CNC2)c1C.Cl. The van der Waals surface area contributed by atoms with Crippen LogP contribution in [0.4, 0.5) is 0 Å². The van der Waals surface area contributed by atoms with Crippen LogP contribution in [0.25, 0.3) is 0 Å². The van der Waals surface area contributed by atoms with Crippen LogP contribution in [0, 0.1) is 19.8 Å². The highest BCUT2D eigenvalue weighted by Crippen LogP contribution is 2.18. The first-order valence-corrected chi connectivity index (χ1v) is 6.19. The van der Waals surface area contributed by atoms with E-state index in [4.69, 9.17) is 0 Å². The van der Waals surface area contributed by atoms with E-state index in [1.807, 2.05) is 6.92 Å². The van der Waals surface area contributed by atoms with E-state index in [-0.39, 0.29) is 24.1 Å². The number of ketones is 1. The zero-order valence-electron chi connectivity index (χ0n) is 11.4. The fraction of sp³-hybridized carbons (Fsp3) is 0.538. The van der Waals surface area contributed by atoms with E-state index in [2.05, 4.69) is 15.6 Å². The number of aryl methyl sites for hydroxylation is 1. The lowest BCUT2D eigenvalue weighted by molar-refractivity contribution is 0.0937.